The van der Waals surface area contributed by atoms with Crippen LogP contribution >= 0.6 is 23.1 Å². The molecule has 0 aliphatic rings. The van der Waals surface area contributed by atoms with E-state index >= 15 is 0 Å². The third-order valence-corrected chi connectivity index (χ3v) is 6.47. The zero-order valence-corrected chi connectivity index (χ0v) is 19.6. The van der Waals surface area contributed by atoms with Gasteiger partial charge in [0.15, 0.2) is 5.13 Å². The smallest absolute Gasteiger partial charge is 0.277 e. The van der Waals surface area contributed by atoms with Gasteiger partial charge in [-0.05, 0) is 42.3 Å². The molecule has 4 aromatic rings. The molecule has 0 fully saturated rings. The molecule has 0 N–H and O–H groups in total. The quantitative estimate of drug-likeness (QED) is 0.306. The number of benzene rings is 2. The normalized spacial score (nSPS) is 10.8. The maximum Gasteiger partial charge on any atom is 0.277 e. The van der Waals surface area contributed by atoms with E-state index in [2.05, 4.69) is 22.1 Å². The summed E-state index contributed by atoms with van der Waals surface area (Å²) in [6, 6.07) is 15.3. The van der Waals surface area contributed by atoms with Gasteiger partial charge in [0, 0.05) is 23.6 Å². The Labute approximate surface area is 194 Å². The lowest BCUT2D eigenvalue weighted by Gasteiger charge is -2.20. The number of thioether (sulfide) groups is 1. The van der Waals surface area contributed by atoms with Gasteiger partial charge < -0.3 is 9.15 Å². The van der Waals surface area contributed by atoms with Gasteiger partial charge >= 0.3 is 0 Å². The minimum absolute atomic E-state index is 0.0690. The number of hydrogen-bond donors (Lipinski definition) is 0. The van der Waals surface area contributed by atoms with E-state index in [0.717, 1.165) is 34.7 Å². The van der Waals surface area contributed by atoms with Crippen molar-refractivity contribution in [2.24, 2.45) is 0 Å². The predicted molar refractivity (Wildman–Crippen MR) is 127 cm³/mol. The molecule has 2 heterocycles. The molecule has 0 saturated carbocycles. The lowest BCUT2D eigenvalue weighted by molar-refractivity contribution is -0.115. The Morgan fingerprint density at radius 3 is 2.66 bits per heavy atom. The van der Waals surface area contributed by atoms with Crippen LogP contribution < -0.4 is 9.64 Å². The minimum atomic E-state index is -0.0690. The topological polar surface area (TPSA) is 81.4 Å². The first-order valence-corrected chi connectivity index (χ1v) is 11.9. The first-order chi connectivity index (χ1) is 15.6. The van der Waals surface area contributed by atoms with Crippen LogP contribution in [0.25, 0.3) is 11.5 Å². The molecule has 0 saturated heterocycles. The molecule has 0 aliphatic heterocycles. The van der Waals surface area contributed by atoms with Crippen molar-refractivity contribution >= 4 is 39.8 Å². The van der Waals surface area contributed by atoms with Gasteiger partial charge in [0.2, 0.25) is 11.8 Å². The highest BCUT2D eigenvalue weighted by Crippen LogP contribution is 2.33. The van der Waals surface area contributed by atoms with Crippen LogP contribution in [0.2, 0.25) is 0 Å². The third-order valence-electron chi connectivity index (χ3n) is 4.75. The van der Waals surface area contributed by atoms with Crippen LogP contribution in [0.15, 0.2) is 63.6 Å². The molecule has 164 valence electrons. The van der Waals surface area contributed by atoms with Crippen molar-refractivity contribution < 1.29 is 13.9 Å². The molecule has 0 spiro atoms. The zero-order chi connectivity index (χ0) is 22.5. The van der Waals surface area contributed by atoms with Crippen molar-refractivity contribution in [2.75, 3.05) is 12.0 Å². The second-order valence-electron chi connectivity index (χ2n) is 6.85. The Morgan fingerprint density at radius 1 is 1.16 bits per heavy atom. The van der Waals surface area contributed by atoms with Gasteiger partial charge in [-0.15, -0.1) is 21.5 Å². The molecule has 0 unspecified atom stereocenters. The Balaban J connectivity index is 1.46. The number of amides is 1. The second-order valence-corrected chi connectivity index (χ2v) is 8.61. The fourth-order valence-electron chi connectivity index (χ4n) is 3.15. The van der Waals surface area contributed by atoms with E-state index in [-0.39, 0.29) is 5.91 Å². The van der Waals surface area contributed by atoms with E-state index in [0.29, 0.717) is 22.0 Å². The fraction of sp³-hybridized carbons (Fsp3) is 0.217. The number of methoxy groups -OCH3 is 1. The summed E-state index contributed by atoms with van der Waals surface area (Å²) in [5.41, 5.74) is 3.65. The van der Waals surface area contributed by atoms with Crippen LogP contribution in [-0.2, 0) is 17.0 Å². The molecule has 2 aromatic heterocycles. The minimum Gasteiger partial charge on any atom is -0.497 e. The zero-order valence-electron chi connectivity index (χ0n) is 17.9. The molecule has 0 atom stereocenters. The number of aryl methyl sites for hydroxylation is 1. The molecule has 4 rings (SSSR count). The molecule has 2 aromatic carbocycles. The first-order valence-electron chi connectivity index (χ1n) is 10.0. The number of nitrogens with zero attached hydrogens (tertiary/aromatic N) is 4. The fourth-order valence-corrected chi connectivity index (χ4v) is 4.80. The van der Waals surface area contributed by atoms with Crippen LogP contribution in [0, 0.1) is 0 Å². The van der Waals surface area contributed by atoms with Gasteiger partial charge in [-0.1, -0.05) is 36.9 Å². The molecule has 9 heteroatoms. The number of carbonyl (C=O) groups excluding carboxylic acids is 1. The number of hydrogen-bond acceptors (Lipinski definition) is 8. The Hall–Kier alpha value is -3.17. The van der Waals surface area contributed by atoms with Gasteiger partial charge in [-0.3, -0.25) is 9.69 Å². The van der Waals surface area contributed by atoms with Crippen LogP contribution in [0.3, 0.4) is 0 Å². The SMILES string of the molecule is CCc1ccccc1N(C(C)=O)c1nc(CSc2nnc(-c3ccc(OC)cc3)o2)cs1. The van der Waals surface area contributed by atoms with E-state index in [1.165, 1.54) is 23.1 Å². The Bertz CT molecular complexity index is 1200. The number of carbonyl (C=O) groups is 1. The lowest BCUT2D eigenvalue weighted by Crippen LogP contribution is -2.23. The van der Waals surface area contributed by atoms with Crippen molar-refractivity contribution in [1.29, 1.82) is 0 Å². The van der Waals surface area contributed by atoms with Gasteiger partial charge in [-0.25, -0.2) is 4.98 Å². The maximum atomic E-state index is 12.4. The summed E-state index contributed by atoms with van der Waals surface area (Å²) in [7, 11) is 1.62. The van der Waals surface area contributed by atoms with E-state index in [1.54, 1.807) is 18.9 Å². The highest BCUT2D eigenvalue weighted by molar-refractivity contribution is 7.98. The summed E-state index contributed by atoms with van der Waals surface area (Å²) in [6.45, 7) is 3.63. The predicted octanol–water partition coefficient (Wildman–Crippen LogP) is 5.74. The molecule has 0 aliphatic carbocycles. The monoisotopic (exact) mass is 466 g/mol. The number of thiazole rings is 1. The van der Waals surface area contributed by atoms with Crippen molar-refractivity contribution in [1.82, 2.24) is 15.2 Å². The standard InChI is InChI=1S/C23H22N4O3S2/c1-4-16-7-5-6-8-20(16)27(15(2)28)22-24-18(13-31-22)14-32-23-26-25-21(30-23)17-9-11-19(29-3)12-10-17/h5-13H,4,14H2,1-3H3. The summed E-state index contributed by atoms with van der Waals surface area (Å²) in [6.07, 6.45) is 0.835. The van der Waals surface area contributed by atoms with Gasteiger partial charge in [0.25, 0.3) is 5.22 Å². The average molecular weight is 467 g/mol. The van der Waals surface area contributed by atoms with Gasteiger partial charge in [0.1, 0.15) is 5.75 Å². The largest absolute Gasteiger partial charge is 0.497 e. The average Bonchev–Trinajstić information content (AvgIpc) is 3.48. The number of ether oxygens (including phenoxy) is 1. The summed E-state index contributed by atoms with van der Waals surface area (Å²) < 4.78 is 10.9. The van der Waals surface area contributed by atoms with Crippen LogP contribution in [0.1, 0.15) is 25.1 Å². The molecule has 1 amide bonds. The third kappa shape index (κ3) is 4.84. The second kappa shape index (κ2) is 9.97. The number of aromatic nitrogens is 3. The van der Waals surface area contributed by atoms with E-state index < -0.39 is 0 Å². The van der Waals surface area contributed by atoms with Crippen LogP contribution in [0.5, 0.6) is 5.75 Å². The van der Waals surface area contributed by atoms with E-state index in [1.807, 2.05) is 53.9 Å². The Morgan fingerprint density at radius 2 is 1.94 bits per heavy atom. The van der Waals surface area contributed by atoms with Crippen molar-refractivity contribution in [3.63, 3.8) is 0 Å². The van der Waals surface area contributed by atoms with Crippen molar-refractivity contribution in [3.8, 4) is 17.2 Å². The molecular formula is C23H22N4O3S2. The Kier molecular flexibility index (Phi) is 6.87. The van der Waals surface area contributed by atoms with Gasteiger partial charge in [-0.2, -0.15) is 0 Å². The molecule has 0 bridgehead atoms. The molecule has 7 nitrogen and oxygen atoms in total. The highest BCUT2D eigenvalue weighted by Gasteiger charge is 2.20. The maximum absolute atomic E-state index is 12.4. The van der Waals surface area contributed by atoms with Crippen molar-refractivity contribution in [2.45, 2.75) is 31.2 Å². The van der Waals surface area contributed by atoms with Crippen molar-refractivity contribution in [3.05, 3.63) is 65.2 Å². The summed E-state index contributed by atoms with van der Waals surface area (Å²) in [4.78, 5) is 18.8. The number of anilines is 2. The molecule has 0 radical (unpaired) electrons. The van der Waals surface area contributed by atoms with Crippen LogP contribution in [-0.4, -0.2) is 28.2 Å². The summed E-state index contributed by atoms with van der Waals surface area (Å²) in [5.74, 6) is 1.71. The molecule has 32 heavy (non-hydrogen) atoms. The van der Waals surface area contributed by atoms with Crippen LogP contribution in [0.4, 0.5) is 10.8 Å². The summed E-state index contributed by atoms with van der Waals surface area (Å²) >= 11 is 2.85. The lowest BCUT2D eigenvalue weighted by atomic mass is 10.1. The molecular weight excluding hydrogens is 444 g/mol. The number of rotatable bonds is 8. The summed E-state index contributed by atoms with van der Waals surface area (Å²) in [5, 5.41) is 11.3. The van der Waals surface area contributed by atoms with E-state index in [4.69, 9.17) is 9.15 Å². The van der Waals surface area contributed by atoms with Gasteiger partial charge in [0.05, 0.1) is 18.5 Å². The van der Waals surface area contributed by atoms with E-state index in [9.17, 15) is 4.79 Å². The number of para-hydroxylation sites is 1. The first kappa shape index (κ1) is 22.0. The highest BCUT2D eigenvalue weighted by atomic mass is 32.2.